The first-order chi connectivity index (χ1) is 13.3. The minimum absolute atomic E-state index is 0.191. The highest BCUT2D eigenvalue weighted by Gasteiger charge is 2.27. The zero-order chi connectivity index (χ0) is 20.3. The lowest BCUT2D eigenvalue weighted by atomic mass is 10.1. The molecule has 28 heavy (non-hydrogen) atoms. The fraction of sp³-hybridized carbons (Fsp3) is 0.381. The molecule has 1 saturated heterocycles. The van der Waals surface area contributed by atoms with Gasteiger partial charge in [0.1, 0.15) is 0 Å². The van der Waals surface area contributed by atoms with Crippen LogP contribution in [0.2, 0.25) is 0 Å². The van der Waals surface area contributed by atoms with Crippen molar-refractivity contribution >= 4 is 31.9 Å². The summed E-state index contributed by atoms with van der Waals surface area (Å²) in [4.78, 5) is 14.8. The molecule has 2 aromatic carbocycles. The van der Waals surface area contributed by atoms with E-state index in [-0.39, 0.29) is 10.8 Å². The molecule has 0 spiro atoms. The van der Waals surface area contributed by atoms with Gasteiger partial charge in [-0.2, -0.15) is 4.31 Å². The second kappa shape index (κ2) is 8.76. The van der Waals surface area contributed by atoms with Crippen molar-refractivity contribution in [1.29, 1.82) is 0 Å². The Labute approximate surface area is 175 Å². The van der Waals surface area contributed by atoms with Gasteiger partial charge in [0.25, 0.3) is 5.91 Å². The van der Waals surface area contributed by atoms with E-state index in [0.717, 1.165) is 34.9 Å². The Balaban J connectivity index is 1.86. The number of sulfonamides is 1. The van der Waals surface area contributed by atoms with Crippen LogP contribution in [0.3, 0.4) is 0 Å². The number of hydrogen-bond donors (Lipinski definition) is 0. The fourth-order valence-corrected chi connectivity index (χ4v) is 5.36. The average Bonchev–Trinajstić information content (AvgIpc) is 2.70. The Hall–Kier alpha value is -1.70. The van der Waals surface area contributed by atoms with E-state index in [0.29, 0.717) is 25.2 Å². The number of rotatable bonds is 5. The van der Waals surface area contributed by atoms with E-state index in [1.807, 2.05) is 31.2 Å². The molecule has 2 aromatic rings. The van der Waals surface area contributed by atoms with Crippen LogP contribution in [-0.4, -0.2) is 43.7 Å². The van der Waals surface area contributed by atoms with Crippen molar-refractivity contribution < 1.29 is 13.2 Å². The number of amides is 1. The Bertz CT molecular complexity index is 969. The lowest BCUT2D eigenvalue weighted by Crippen LogP contribution is -2.35. The first-order valence-electron chi connectivity index (χ1n) is 9.40. The van der Waals surface area contributed by atoms with Crippen molar-refractivity contribution in [3.63, 3.8) is 0 Å². The maximum absolute atomic E-state index is 13.0. The van der Waals surface area contributed by atoms with E-state index >= 15 is 0 Å². The monoisotopic (exact) mass is 464 g/mol. The third kappa shape index (κ3) is 4.47. The summed E-state index contributed by atoms with van der Waals surface area (Å²) in [6.07, 6.45) is 2.82. The molecule has 1 amide bonds. The number of benzene rings is 2. The first-order valence-corrected chi connectivity index (χ1v) is 11.6. The molecule has 0 unspecified atom stereocenters. The summed E-state index contributed by atoms with van der Waals surface area (Å²) in [6.45, 7) is 3.35. The summed E-state index contributed by atoms with van der Waals surface area (Å²) in [5.41, 5.74) is 2.18. The van der Waals surface area contributed by atoms with Gasteiger partial charge in [-0.15, -0.1) is 0 Å². The normalized spacial score (nSPS) is 15.4. The van der Waals surface area contributed by atoms with E-state index in [2.05, 4.69) is 15.9 Å². The number of hydrogen-bond acceptors (Lipinski definition) is 3. The van der Waals surface area contributed by atoms with Crippen LogP contribution in [0.1, 0.15) is 40.7 Å². The largest absolute Gasteiger partial charge is 0.337 e. The van der Waals surface area contributed by atoms with Gasteiger partial charge in [0, 0.05) is 36.7 Å². The third-order valence-electron chi connectivity index (χ3n) is 5.10. The topological polar surface area (TPSA) is 57.7 Å². The molecule has 1 heterocycles. The maximum atomic E-state index is 13.0. The highest BCUT2D eigenvalue weighted by Crippen LogP contribution is 2.24. The van der Waals surface area contributed by atoms with Crippen LogP contribution in [0.25, 0.3) is 0 Å². The highest BCUT2D eigenvalue weighted by atomic mass is 79.9. The standard InChI is InChI=1S/C21H25BrN2O3S/c1-16-10-11-18(28(26,27)24-12-6-3-7-13-24)14-19(16)21(25)23(2)15-17-8-4-5-9-20(17)22/h4-5,8-11,14H,3,6-7,12-13,15H2,1-2H3. The number of aryl methyl sites for hydroxylation is 1. The van der Waals surface area contributed by atoms with Gasteiger partial charge in [-0.05, 0) is 49.1 Å². The van der Waals surface area contributed by atoms with Crippen molar-refractivity contribution in [1.82, 2.24) is 9.21 Å². The van der Waals surface area contributed by atoms with E-state index < -0.39 is 10.0 Å². The maximum Gasteiger partial charge on any atom is 0.254 e. The number of carbonyl (C=O) groups is 1. The van der Waals surface area contributed by atoms with E-state index in [4.69, 9.17) is 0 Å². The molecule has 5 nitrogen and oxygen atoms in total. The molecule has 150 valence electrons. The second-order valence-corrected chi connectivity index (χ2v) is 9.99. The Morgan fingerprint density at radius 2 is 1.79 bits per heavy atom. The second-order valence-electron chi connectivity index (χ2n) is 7.19. The lowest BCUT2D eigenvalue weighted by molar-refractivity contribution is 0.0784. The smallest absolute Gasteiger partial charge is 0.254 e. The quantitative estimate of drug-likeness (QED) is 0.665. The molecule has 0 aliphatic carbocycles. The molecule has 0 radical (unpaired) electrons. The van der Waals surface area contributed by atoms with Crippen molar-refractivity contribution in [2.75, 3.05) is 20.1 Å². The van der Waals surface area contributed by atoms with Crippen LogP contribution in [0.5, 0.6) is 0 Å². The Morgan fingerprint density at radius 3 is 2.46 bits per heavy atom. The molecule has 0 saturated carbocycles. The SMILES string of the molecule is Cc1ccc(S(=O)(=O)N2CCCCC2)cc1C(=O)N(C)Cc1ccccc1Br. The van der Waals surface area contributed by atoms with Gasteiger partial charge in [-0.1, -0.05) is 46.6 Å². The van der Waals surface area contributed by atoms with Gasteiger partial charge in [-0.25, -0.2) is 8.42 Å². The molecule has 0 aromatic heterocycles. The van der Waals surface area contributed by atoms with Crippen LogP contribution < -0.4 is 0 Å². The van der Waals surface area contributed by atoms with Crippen LogP contribution in [0.15, 0.2) is 51.8 Å². The van der Waals surface area contributed by atoms with Crippen LogP contribution >= 0.6 is 15.9 Å². The van der Waals surface area contributed by atoms with E-state index in [9.17, 15) is 13.2 Å². The van der Waals surface area contributed by atoms with Gasteiger partial charge in [0.05, 0.1) is 4.90 Å². The zero-order valence-corrected chi connectivity index (χ0v) is 18.6. The van der Waals surface area contributed by atoms with Crippen molar-refractivity contribution in [2.45, 2.75) is 37.6 Å². The predicted octanol–water partition coefficient (Wildman–Crippen LogP) is 4.20. The summed E-state index contributed by atoms with van der Waals surface area (Å²) < 4.78 is 28.4. The molecule has 1 fully saturated rings. The lowest BCUT2D eigenvalue weighted by Gasteiger charge is -2.26. The number of nitrogens with zero attached hydrogens (tertiary/aromatic N) is 2. The molecule has 0 bridgehead atoms. The van der Waals surface area contributed by atoms with Crippen LogP contribution in [0, 0.1) is 6.92 Å². The summed E-state index contributed by atoms with van der Waals surface area (Å²) in [5.74, 6) is -0.191. The van der Waals surface area contributed by atoms with E-state index in [1.165, 1.54) is 10.4 Å². The molecule has 1 aliphatic rings. The molecule has 3 rings (SSSR count). The van der Waals surface area contributed by atoms with E-state index in [1.54, 1.807) is 24.1 Å². The summed E-state index contributed by atoms with van der Waals surface area (Å²) in [5, 5.41) is 0. The van der Waals surface area contributed by atoms with Gasteiger partial charge in [0.15, 0.2) is 0 Å². The summed E-state index contributed by atoms with van der Waals surface area (Å²) in [7, 11) is -1.84. The molecule has 0 atom stereocenters. The number of halogens is 1. The zero-order valence-electron chi connectivity index (χ0n) is 16.2. The van der Waals surface area contributed by atoms with Gasteiger partial charge in [0.2, 0.25) is 10.0 Å². The fourth-order valence-electron chi connectivity index (χ4n) is 3.41. The van der Waals surface area contributed by atoms with Crippen LogP contribution in [0.4, 0.5) is 0 Å². The Kier molecular flexibility index (Phi) is 6.58. The molecular formula is C21H25BrN2O3S. The van der Waals surface area contributed by atoms with Crippen molar-refractivity contribution in [3.8, 4) is 0 Å². The van der Waals surface area contributed by atoms with Crippen molar-refractivity contribution in [2.24, 2.45) is 0 Å². The molecule has 7 heteroatoms. The van der Waals surface area contributed by atoms with Gasteiger partial charge < -0.3 is 4.90 Å². The minimum Gasteiger partial charge on any atom is -0.337 e. The molecular weight excluding hydrogens is 440 g/mol. The Morgan fingerprint density at radius 1 is 1.11 bits per heavy atom. The minimum atomic E-state index is -3.57. The highest BCUT2D eigenvalue weighted by molar-refractivity contribution is 9.10. The van der Waals surface area contributed by atoms with Crippen LogP contribution in [-0.2, 0) is 16.6 Å². The number of carbonyl (C=O) groups excluding carboxylic acids is 1. The van der Waals surface area contributed by atoms with Crippen molar-refractivity contribution in [3.05, 3.63) is 63.6 Å². The molecule has 0 N–H and O–H groups in total. The van der Waals surface area contributed by atoms with Gasteiger partial charge in [-0.3, -0.25) is 4.79 Å². The molecule has 1 aliphatic heterocycles. The average molecular weight is 465 g/mol. The summed E-state index contributed by atoms with van der Waals surface area (Å²) in [6, 6.07) is 12.6. The van der Waals surface area contributed by atoms with Gasteiger partial charge >= 0.3 is 0 Å². The summed E-state index contributed by atoms with van der Waals surface area (Å²) >= 11 is 3.50. The third-order valence-corrected chi connectivity index (χ3v) is 7.77. The first kappa shape index (κ1) is 21.0. The predicted molar refractivity (Wildman–Crippen MR) is 114 cm³/mol. The number of piperidine rings is 1.